The van der Waals surface area contributed by atoms with Crippen LogP contribution >= 0.6 is 0 Å². The van der Waals surface area contributed by atoms with Crippen molar-refractivity contribution in [2.24, 2.45) is 0 Å². The number of halogens is 3. The van der Waals surface area contributed by atoms with Crippen molar-refractivity contribution >= 4 is 0 Å². The van der Waals surface area contributed by atoms with Crippen molar-refractivity contribution in [2.75, 3.05) is 0 Å². The molecule has 1 unspecified atom stereocenters. The van der Waals surface area contributed by atoms with Crippen LogP contribution in [0.3, 0.4) is 0 Å². The zero-order valence-electron chi connectivity index (χ0n) is 10.1. The van der Waals surface area contributed by atoms with Crippen LogP contribution in [0.2, 0.25) is 0 Å². The predicted octanol–water partition coefficient (Wildman–Crippen LogP) is 4.04. The van der Waals surface area contributed by atoms with Crippen molar-refractivity contribution in [1.29, 1.82) is 0 Å². The van der Waals surface area contributed by atoms with Crippen LogP contribution in [-0.2, 0) is 6.42 Å². The summed E-state index contributed by atoms with van der Waals surface area (Å²) in [5.74, 6) is -0.363. The van der Waals surface area contributed by atoms with Crippen LogP contribution in [0.1, 0.15) is 29.2 Å². The third-order valence-electron chi connectivity index (χ3n) is 2.89. The minimum atomic E-state index is -2.52. The molecule has 1 nitrogen and oxygen atoms in total. The molecule has 0 spiro atoms. The Morgan fingerprint density at radius 2 is 1.58 bits per heavy atom. The maximum atomic E-state index is 13.0. The highest BCUT2D eigenvalue weighted by Gasteiger charge is 2.11. The fourth-order valence-electron chi connectivity index (χ4n) is 1.87. The summed E-state index contributed by atoms with van der Waals surface area (Å²) in [5, 5.41) is 9.98. The van der Waals surface area contributed by atoms with Crippen molar-refractivity contribution in [1.82, 2.24) is 0 Å². The summed E-state index contributed by atoms with van der Waals surface area (Å²) in [5.41, 5.74) is 1.11. The van der Waals surface area contributed by atoms with Crippen LogP contribution in [0.25, 0.3) is 0 Å². The Morgan fingerprint density at radius 1 is 0.947 bits per heavy atom. The summed E-state index contributed by atoms with van der Waals surface area (Å²) in [6.45, 7) is 0. The molecule has 0 aromatic heterocycles. The van der Waals surface area contributed by atoms with Crippen molar-refractivity contribution < 1.29 is 18.3 Å². The first-order valence-corrected chi connectivity index (χ1v) is 5.87. The molecule has 2 aromatic rings. The lowest BCUT2D eigenvalue weighted by Gasteiger charge is -2.12. The second kappa shape index (κ2) is 5.89. The molecule has 0 heterocycles. The number of rotatable bonds is 4. The Balaban J connectivity index is 2.09. The summed E-state index contributed by atoms with van der Waals surface area (Å²) in [6.07, 6.45) is -3.12. The highest BCUT2D eigenvalue weighted by molar-refractivity contribution is 5.27. The standard InChI is InChI=1S/C15H13F3O/c16-13-3-1-2-10(8-13)9-14(19)11-4-6-12(7-5-11)15(17)18/h1-8,14-15,19H,9H2. The molecule has 4 heteroatoms. The second-order valence-corrected chi connectivity index (χ2v) is 4.32. The van der Waals surface area contributed by atoms with Gasteiger partial charge in [-0.25, -0.2) is 13.2 Å². The van der Waals surface area contributed by atoms with Gasteiger partial charge in [0.15, 0.2) is 0 Å². The van der Waals surface area contributed by atoms with Crippen molar-refractivity contribution in [2.45, 2.75) is 19.0 Å². The van der Waals surface area contributed by atoms with Crippen molar-refractivity contribution in [3.8, 4) is 0 Å². The second-order valence-electron chi connectivity index (χ2n) is 4.32. The summed E-state index contributed by atoms with van der Waals surface area (Å²) in [7, 11) is 0. The topological polar surface area (TPSA) is 20.2 Å². The van der Waals surface area contributed by atoms with Crippen LogP contribution in [0.4, 0.5) is 13.2 Å². The van der Waals surface area contributed by atoms with E-state index in [0.717, 1.165) is 0 Å². The first-order chi connectivity index (χ1) is 9.06. The molecule has 0 fully saturated rings. The Bertz CT molecular complexity index is 537. The van der Waals surface area contributed by atoms with Gasteiger partial charge in [0, 0.05) is 12.0 Å². The largest absolute Gasteiger partial charge is 0.388 e. The summed E-state index contributed by atoms with van der Waals surface area (Å²) < 4.78 is 37.8. The SMILES string of the molecule is OC(Cc1cccc(F)c1)c1ccc(C(F)F)cc1. The van der Waals surface area contributed by atoms with Gasteiger partial charge < -0.3 is 5.11 Å². The van der Waals surface area contributed by atoms with Gasteiger partial charge in [0.05, 0.1) is 6.10 Å². The fraction of sp³-hybridized carbons (Fsp3) is 0.200. The average molecular weight is 266 g/mol. The van der Waals surface area contributed by atoms with E-state index < -0.39 is 12.5 Å². The molecule has 0 amide bonds. The molecular formula is C15H13F3O. The van der Waals surface area contributed by atoms with Gasteiger partial charge in [-0.05, 0) is 23.3 Å². The monoisotopic (exact) mass is 266 g/mol. The summed E-state index contributed by atoms with van der Waals surface area (Å²) in [4.78, 5) is 0. The number of hydrogen-bond donors (Lipinski definition) is 1. The Morgan fingerprint density at radius 3 is 2.16 bits per heavy atom. The first-order valence-electron chi connectivity index (χ1n) is 5.87. The minimum absolute atomic E-state index is 0.0818. The number of aliphatic hydroxyl groups excluding tert-OH is 1. The van der Waals surface area contributed by atoms with E-state index in [1.54, 1.807) is 12.1 Å². The number of hydrogen-bond acceptors (Lipinski definition) is 1. The third-order valence-corrected chi connectivity index (χ3v) is 2.89. The van der Waals surface area contributed by atoms with Gasteiger partial charge >= 0.3 is 0 Å². The molecule has 0 aliphatic carbocycles. The molecule has 0 saturated carbocycles. The predicted molar refractivity (Wildman–Crippen MR) is 66.5 cm³/mol. The Hall–Kier alpha value is -1.81. The van der Waals surface area contributed by atoms with Crippen molar-refractivity contribution in [3.05, 3.63) is 71.0 Å². The van der Waals surface area contributed by atoms with Crippen LogP contribution in [0.5, 0.6) is 0 Å². The fourth-order valence-corrected chi connectivity index (χ4v) is 1.87. The van der Waals surface area contributed by atoms with Gasteiger partial charge in [0.2, 0.25) is 0 Å². The quantitative estimate of drug-likeness (QED) is 0.885. The van der Waals surface area contributed by atoms with E-state index in [-0.39, 0.29) is 17.8 Å². The molecule has 2 aromatic carbocycles. The first kappa shape index (κ1) is 13.6. The molecule has 2 rings (SSSR count). The zero-order chi connectivity index (χ0) is 13.8. The van der Waals surface area contributed by atoms with Crippen LogP contribution in [0.15, 0.2) is 48.5 Å². The normalized spacial score (nSPS) is 12.7. The molecule has 0 aliphatic rings. The average Bonchev–Trinajstić information content (AvgIpc) is 2.39. The number of aliphatic hydroxyl groups is 1. The van der Waals surface area contributed by atoms with Gasteiger partial charge in [-0.15, -0.1) is 0 Å². The molecule has 0 aliphatic heterocycles. The maximum Gasteiger partial charge on any atom is 0.263 e. The third kappa shape index (κ3) is 3.58. The highest BCUT2D eigenvalue weighted by atomic mass is 19.3. The molecule has 1 N–H and O–H groups in total. The van der Waals surface area contributed by atoms with Crippen LogP contribution in [-0.4, -0.2) is 5.11 Å². The van der Waals surface area contributed by atoms with Gasteiger partial charge in [-0.2, -0.15) is 0 Å². The molecule has 0 bridgehead atoms. The van der Waals surface area contributed by atoms with Crippen LogP contribution < -0.4 is 0 Å². The molecule has 1 atom stereocenters. The van der Waals surface area contributed by atoms with E-state index >= 15 is 0 Å². The minimum Gasteiger partial charge on any atom is -0.388 e. The Labute approximate surface area is 109 Å². The summed E-state index contributed by atoms with van der Waals surface area (Å²) in [6, 6.07) is 11.4. The molecule has 19 heavy (non-hydrogen) atoms. The lowest BCUT2D eigenvalue weighted by molar-refractivity contribution is 0.151. The van der Waals surface area contributed by atoms with Crippen molar-refractivity contribution in [3.63, 3.8) is 0 Å². The Kier molecular flexibility index (Phi) is 4.22. The number of alkyl halides is 2. The van der Waals surface area contributed by atoms with Gasteiger partial charge in [0.1, 0.15) is 5.82 Å². The molecule has 100 valence electrons. The highest BCUT2D eigenvalue weighted by Crippen LogP contribution is 2.23. The molecule has 0 radical (unpaired) electrons. The van der Waals surface area contributed by atoms with Gasteiger partial charge in [-0.1, -0.05) is 36.4 Å². The van der Waals surface area contributed by atoms with Crippen LogP contribution in [0, 0.1) is 5.82 Å². The lowest BCUT2D eigenvalue weighted by Crippen LogP contribution is -2.02. The smallest absolute Gasteiger partial charge is 0.263 e. The number of benzene rings is 2. The van der Waals surface area contributed by atoms with E-state index in [4.69, 9.17) is 0 Å². The summed E-state index contributed by atoms with van der Waals surface area (Å²) >= 11 is 0. The van der Waals surface area contributed by atoms with E-state index in [0.29, 0.717) is 11.1 Å². The molecule has 0 saturated heterocycles. The van der Waals surface area contributed by atoms with E-state index in [9.17, 15) is 18.3 Å². The van der Waals surface area contributed by atoms with E-state index in [2.05, 4.69) is 0 Å². The van der Waals surface area contributed by atoms with E-state index in [1.807, 2.05) is 0 Å². The van der Waals surface area contributed by atoms with E-state index in [1.165, 1.54) is 36.4 Å². The van der Waals surface area contributed by atoms with Gasteiger partial charge in [0.25, 0.3) is 6.43 Å². The molecular weight excluding hydrogens is 253 g/mol. The maximum absolute atomic E-state index is 13.0. The zero-order valence-corrected chi connectivity index (χ0v) is 10.1. The lowest BCUT2D eigenvalue weighted by atomic mass is 10.0. The van der Waals surface area contributed by atoms with Gasteiger partial charge in [-0.3, -0.25) is 0 Å².